The number of halogens is 4. The smallest absolute Gasteiger partial charge is 0.321 e. The second-order valence-electron chi connectivity index (χ2n) is 10.3. The van der Waals surface area contributed by atoms with Crippen molar-refractivity contribution < 1.29 is 22.4 Å². The average molecular weight is 501 g/mol. The summed E-state index contributed by atoms with van der Waals surface area (Å²) in [5.74, 6) is -0.610. The molecule has 36 heavy (non-hydrogen) atoms. The number of pyridine rings is 1. The number of rotatable bonds is 8. The quantitative estimate of drug-likeness (QED) is 0.325. The van der Waals surface area contributed by atoms with E-state index in [1.54, 1.807) is 47.6 Å². The molecule has 1 N–H and O–H groups in total. The van der Waals surface area contributed by atoms with Crippen LogP contribution in [0.1, 0.15) is 70.8 Å². The molecule has 2 aliphatic rings. The molecule has 0 radical (unpaired) electrons. The van der Waals surface area contributed by atoms with Gasteiger partial charge in [0.15, 0.2) is 5.78 Å². The Kier molecular flexibility index (Phi) is 5.92. The molecule has 3 aromatic rings. The highest BCUT2D eigenvalue weighted by Gasteiger charge is 2.64. The summed E-state index contributed by atoms with van der Waals surface area (Å²) in [7, 11) is 1.72. The van der Waals surface area contributed by atoms with Crippen molar-refractivity contribution in [1.82, 2.24) is 14.1 Å². The SMILES string of the molecule is Cc1cc([C@@H](CC(=O)c2cc(Cn3ccn(C)c3=N)cc(C3(C(F)(F)F)CC3)c2)C2CC2)ncc1F. The van der Waals surface area contributed by atoms with E-state index in [1.165, 1.54) is 18.3 Å². The first-order valence-electron chi connectivity index (χ1n) is 12.1. The van der Waals surface area contributed by atoms with Gasteiger partial charge in [0.05, 0.1) is 18.2 Å². The number of aryl methyl sites for hydroxylation is 2. The second kappa shape index (κ2) is 8.71. The van der Waals surface area contributed by atoms with E-state index in [9.17, 15) is 22.4 Å². The Morgan fingerprint density at radius 3 is 2.47 bits per heavy atom. The fourth-order valence-electron chi connectivity index (χ4n) is 5.02. The highest BCUT2D eigenvalue weighted by molar-refractivity contribution is 5.97. The molecule has 1 aromatic carbocycles. The van der Waals surface area contributed by atoms with Crippen LogP contribution in [0.3, 0.4) is 0 Å². The zero-order valence-electron chi connectivity index (χ0n) is 20.2. The van der Waals surface area contributed by atoms with Gasteiger partial charge < -0.3 is 9.13 Å². The predicted octanol–water partition coefficient (Wildman–Crippen LogP) is 5.56. The summed E-state index contributed by atoms with van der Waals surface area (Å²) in [5, 5.41) is 8.17. The first-order valence-corrected chi connectivity index (χ1v) is 12.1. The van der Waals surface area contributed by atoms with Crippen LogP contribution in [0.25, 0.3) is 0 Å². The van der Waals surface area contributed by atoms with Crippen molar-refractivity contribution in [3.63, 3.8) is 0 Å². The summed E-state index contributed by atoms with van der Waals surface area (Å²) in [4.78, 5) is 17.7. The third-order valence-corrected chi connectivity index (χ3v) is 7.63. The number of nitrogens with one attached hydrogen (secondary N) is 1. The molecule has 2 aromatic heterocycles. The van der Waals surface area contributed by atoms with E-state index in [0.717, 1.165) is 12.8 Å². The fourth-order valence-corrected chi connectivity index (χ4v) is 5.02. The number of ketones is 1. The fraction of sp³-hybridized carbons (Fsp3) is 0.444. The Balaban J connectivity index is 1.50. The van der Waals surface area contributed by atoms with Crippen LogP contribution < -0.4 is 5.62 Å². The van der Waals surface area contributed by atoms with Crippen molar-refractivity contribution in [2.75, 3.05) is 0 Å². The van der Waals surface area contributed by atoms with Crippen molar-refractivity contribution in [3.8, 4) is 0 Å². The van der Waals surface area contributed by atoms with Crippen LogP contribution in [0, 0.1) is 24.1 Å². The number of imidazole rings is 1. The van der Waals surface area contributed by atoms with Gasteiger partial charge >= 0.3 is 6.18 Å². The summed E-state index contributed by atoms with van der Waals surface area (Å²) in [5.41, 5.74) is 0.284. The van der Waals surface area contributed by atoms with Crippen LogP contribution in [-0.2, 0) is 19.0 Å². The van der Waals surface area contributed by atoms with E-state index in [4.69, 9.17) is 5.41 Å². The van der Waals surface area contributed by atoms with Gasteiger partial charge in [-0.25, -0.2) is 4.39 Å². The van der Waals surface area contributed by atoms with Crippen LogP contribution in [0.15, 0.2) is 42.9 Å². The Labute approximate surface area is 206 Å². The summed E-state index contributed by atoms with van der Waals surface area (Å²) in [6.07, 6.45) is 2.14. The lowest BCUT2D eigenvalue weighted by Crippen LogP contribution is -2.29. The third kappa shape index (κ3) is 4.51. The molecule has 0 aliphatic heterocycles. The molecule has 9 heteroatoms. The first-order chi connectivity index (χ1) is 17.0. The van der Waals surface area contributed by atoms with Crippen molar-refractivity contribution in [1.29, 1.82) is 5.41 Å². The van der Waals surface area contributed by atoms with Crippen molar-refractivity contribution in [2.45, 2.75) is 63.1 Å². The Hall–Kier alpha value is -3.23. The van der Waals surface area contributed by atoms with Gasteiger partial charge in [-0.1, -0.05) is 6.07 Å². The molecule has 0 unspecified atom stereocenters. The number of Topliss-reactive ketones (excluding diaryl/α,β-unsaturated/α-hetero) is 1. The summed E-state index contributed by atoms with van der Waals surface area (Å²) < 4.78 is 59.0. The lowest BCUT2D eigenvalue weighted by Gasteiger charge is -2.22. The van der Waals surface area contributed by atoms with Gasteiger partial charge in [0.1, 0.15) is 5.82 Å². The van der Waals surface area contributed by atoms with Crippen molar-refractivity contribution in [2.24, 2.45) is 13.0 Å². The minimum atomic E-state index is -4.40. The molecule has 1 atom stereocenters. The Bertz CT molecular complexity index is 1380. The van der Waals surface area contributed by atoms with Crippen LogP contribution in [0.4, 0.5) is 17.6 Å². The Morgan fingerprint density at radius 2 is 1.92 bits per heavy atom. The van der Waals surface area contributed by atoms with E-state index < -0.39 is 17.4 Å². The average Bonchev–Trinajstić information content (AvgIpc) is 3.74. The highest BCUT2D eigenvalue weighted by atomic mass is 19.4. The van der Waals surface area contributed by atoms with E-state index in [1.807, 2.05) is 0 Å². The monoisotopic (exact) mass is 500 g/mol. The zero-order chi connectivity index (χ0) is 25.8. The van der Waals surface area contributed by atoms with Gasteiger partial charge in [-0.3, -0.25) is 15.2 Å². The maximum Gasteiger partial charge on any atom is 0.398 e. The lowest BCUT2D eigenvalue weighted by atomic mass is 9.87. The molecule has 2 aliphatic carbocycles. The van der Waals surface area contributed by atoms with Gasteiger partial charge in [0.25, 0.3) is 0 Å². The third-order valence-electron chi connectivity index (χ3n) is 7.63. The molecule has 2 heterocycles. The summed E-state index contributed by atoms with van der Waals surface area (Å²) >= 11 is 0. The van der Waals surface area contributed by atoms with Gasteiger partial charge in [0.2, 0.25) is 5.62 Å². The van der Waals surface area contributed by atoms with Crippen LogP contribution in [-0.4, -0.2) is 26.1 Å². The van der Waals surface area contributed by atoms with Crippen LogP contribution in [0.5, 0.6) is 0 Å². The zero-order valence-corrected chi connectivity index (χ0v) is 20.2. The number of carbonyl (C=O) groups is 1. The number of hydrogen-bond donors (Lipinski definition) is 1. The minimum Gasteiger partial charge on any atom is -0.321 e. The summed E-state index contributed by atoms with van der Waals surface area (Å²) in [6, 6.07) is 6.24. The van der Waals surface area contributed by atoms with Gasteiger partial charge in [-0.2, -0.15) is 13.2 Å². The number of alkyl halides is 3. The van der Waals surface area contributed by atoms with Crippen LogP contribution in [0.2, 0.25) is 0 Å². The number of aromatic nitrogens is 3. The molecule has 0 spiro atoms. The first kappa shape index (κ1) is 24.5. The predicted molar refractivity (Wildman–Crippen MR) is 125 cm³/mol. The molecule has 0 amide bonds. The number of hydrogen-bond acceptors (Lipinski definition) is 3. The molecule has 0 bridgehead atoms. The standard InChI is InChI=1S/C27H28F4N4O/c1-16-9-23(33-14-22(16)28)21(18-3-4-18)13-24(36)19-10-17(15-35-8-7-34(2)25(35)32)11-20(12-19)26(5-6-26)27(29,30)31/h7-12,14,18,21,32H,3-6,13,15H2,1-2H3/t21-/m0/s1. The number of carbonyl (C=O) groups excluding carboxylic acids is 1. The van der Waals surface area contributed by atoms with E-state index >= 15 is 0 Å². The van der Waals surface area contributed by atoms with Gasteiger partial charge in [-0.15, -0.1) is 0 Å². The van der Waals surface area contributed by atoms with Gasteiger partial charge in [0, 0.05) is 43.0 Å². The van der Waals surface area contributed by atoms with Gasteiger partial charge in [-0.05, 0) is 73.4 Å². The largest absolute Gasteiger partial charge is 0.398 e. The van der Waals surface area contributed by atoms with E-state index in [2.05, 4.69) is 4.98 Å². The molecule has 0 saturated heterocycles. The molecular weight excluding hydrogens is 472 g/mol. The molecule has 190 valence electrons. The normalized spacial score (nSPS) is 17.7. The maximum absolute atomic E-state index is 14.0. The number of benzene rings is 1. The Morgan fingerprint density at radius 1 is 1.19 bits per heavy atom. The molecule has 2 saturated carbocycles. The molecule has 5 rings (SSSR count). The van der Waals surface area contributed by atoms with Crippen molar-refractivity contribution in [3.05, 3.63) is 82.2 Å². The summed E-state index contributed by atoms with van der Waals surface area (Å²) in [6.45, 7) is 1.84. The molecule has 5 nitrogen and oxygen atoms in total. The van der Waals surface area contributed by atoms with Crippen molar-refractivity contribution >= 4 is 5.78 Å². The number of nitrogens with zero attached hydrogens (tertiary/aromatic N) is 3. The van der Waals surface area contributed by atoms with E-state index in [-0.39, 0.29) is 60.2 Å². The minimum absolute atomic E-state index is 0.000760. The maximum atomic E-state index is 14.0. The molecule has 2 fully saturated rings. The highest BCUT2D eigenvalue weighted by Crippen LogP contribution is 2.59. The van der Waals surface area contributed by atoms with Crippen LogP contribution >= 0.6 is 0 Å². The van der Waals surface area contributed by atoms with E-state index in [0.29, 0.717) is 16.8 Å². The topological polar surface area (TPSA) is 63.7 Å². The lowest BCUT2D eigenvalue weighted by molar-refractivity contribution is -0.160. The second-order valence-corrected chi connectivity index (χ2v) is 10.3. The molecular formula is C27H28F4N4O.